The average Bonchev–Trinajstić information content (AvgIpc) is 3.03. The summed E-state index contributed by atoms with van der Waals surface area (Å²) in [5.41, 5.74) is 1.74. The first-order chi connectivity index (χ1) is 11.6. The van der Waals surface area contributed by atoms with E-state index in [9.17, 15) is 14.3 Å². The van der Waals surface area contributed by atoms with Crippen LogP contribution in [-0.4, -0.2) is 28.8 Å². The number of fused-ring (bicyclic) bond motifs is 1. The minimum Gasteiger partial charge on any atom is -0.394 e. The van der Waals surface area contributed by atoms with Crippen LogP contribution in [0.15, 0.2) is 47.0 Å². The van der Waals surface area contributed by atoms with E-state index in [-0.39, 0.29) is 24.4 Å². The number of aliphatic hydroxyl groups is 1. The number of aliphatic hydroxyl groups excluding tert-OH is 1. The predicted molar refractivity (Wildman–Crippen MR) is 88.0 cm³/mol. The number of benzene rings is 2. The van der Waals surface area contributed by atoms with Crippen molar-refractivity contribution >= 4 is 16.8 Å². The molecule has 1 unspecified atom stereocenters. The Kier molecular flexibility index (Phi) is 4.57. The Bertz CT molecular complexity index is 854. The molecule has 24 heavy (non-hydrogen) atoms. The Morgan fingerprint density at radius 2 is 2.04 bits per heavy atom. The van der Waals surface area contributed by atoms with E-state index >= 15 is 0 Å². The molecule has 0 spiro atoms. The van der Waals surface area contributed by atoms with Gasteiger partial charge in [0.2, 0.25) is 0 Å². The monoisotopic (exact) mass is 328 g/mol. The van der Waals surface area contributed by atoms with Gasteiger partial charge in [0.05, 0.1) is 18.0 Å². The van der Waals surface area contributed by atoms with Gasteiger partial charge in [-0.15, -0.1) is 0 Å². The first-order valence-corrected chi connectivity index (χ1v) is 7.69. The van der Waals surface area contributed by atoms with Gasteiger partial charge < -0.3 is 14.9 Å². The predicted octanol–water partition coefficient (Wildman–Crippen LogP) is 3.13. The summed E-state index contributed by atoms with van der Waals surface area (Å²) in [4.78, 5) is 12.3. The summed E-state index contributed by atoms with van der Waals surface area (Å²) in [6.07, 6.45) is 0.637. The van der Waals surface area contributed by atoms with Crippen LogP contribution in [0.4, 0.5) is 4.39 Å². The highest BCUT2D eigenvalue weighted by Gasteiger charge is 2.16. The van der Waals surface area contributed by atoms with Crippen molar-refractivity contribution < 1.29 is 18.8 Å². The molecule has 1 atom stereocenters. The maximum atomic E-state index is 13.1. The van der Waals surface area contributed by atoms with Crippen molar-refractivity contribution in [1.82, 2.24) is 10.5 Å². The van der Waals surface area contributed by atoms with E-state index in [4.69, 9.17) is 4.52 Å². The van der Waals surface area contributed by atoms with Gasteiger partial charge in [-0.3, -0.25) is 4.79 Å². The van der Waals surface area contributed by atoms with E-state index in [2.05, 4.69) is 10.5 Å². The van der Waals surface area contributed by atoms with Crippen LogP contribution in [-0.2, 0) is 0 Å². The highest BCUT2D eigenvalue weighted by molar-refractivity contribution is 6.01. The molecule has 1 aromatic heterocycles. The molecule has 2 aromatic carbocycles. The van der Waals surface area contributed by atoms with Crippen molar-refractivity contribution in [1.29, 1.82) is 0 Å². The van der Waals surface area contributed by atoms with Gasteiger partial charge in [-0.25, -0.2) is 4.39 Å². The second-order valence-corrected chi connectivity index (χ2v) is 5.51. The Morgan fingerprint density at radius 1 is 1.29 bits per heavy atom. The second-order valence-electron chi connectivity index (χ2n) is 5.51. The summed E-state index contributed by atoms with van der Waals surface area (Å²) < 4.78 is 18.4. The lowest BCUT2D eigenvalue weighted by molar-refractivity contribution is 0.0915. The van der Waals surface area contributed by atoms with Crippen LogP contribution in [0.1, 0.15) is 23.7 Å². The zero-order chi connectivity index (χ0) is 17.1. The zero-order valence-corrected chi connectivity index (χ0v) is 13.1. The van der Waals surface area contributed by atoms with E-state index in [1.165, 1.54) is 12.1 Å². The van der Waals surface area contributed by atoms with Crippen molar-refractivity contribution in [2.45, 2.75) is 19.4 Å². The highest BCUT2D eigenvalue weighted by Crippen LogP contribution is 2.29. The molecule has 2 N–H and O–H groups in total. The number of nitrogens with zero attached hydrogens (tertiary/aromatic N) is 1. The van der Waals surface area contributed by atoms with Gasteiger partial charge in [-0.2, -0.15) is 0 Å². The van der Waals surface area contributed by atoms with E-state index < -0.39 is 0 Å². The van der Waals surface area contributed by atoms with Crippen molar-refractivity contribution in [3.63, 3.8) is 0 Å². The minimum atomic E-state index is -0.336. The van der Waals surface area contributed by atoms with Crippen LogP contribution in [0.25, 0.3) is 22.2 Å². The summed E-state index contributed by atoms with van der Waals surface area (Å²) >= 11 is 0. The first kappa shape index (κ1) is 16.1. The molecule has 0 radical (unpaired) electrons. The number of aromatic nitrogens is 1. The highest BCUT2D eigenvalue weighted by atomic mass is 19.1. The summed E-state index contributed by atoms with van der Waals surface area (Å²) in [5, 5.41) is 16.6. The topological polar surface area (TPSA) is 75.4 Å². The quantitative estimate of drug-likeness (QED) is 0.754. The van der Waals surface area contributed by atoms with Crippen LogP contribution in [0, 0.1) is 5.82 Å². The fourth-order valence-corrected chi connectivity index (χ4v) is 2.44. The van der Waals surface area contributed by atoms with E-state index in [1.54, 1.807) is 30.3 Å². The van der Waals surface area contributed by atoms with E-state index in [0.717, 1.165) is 0 Å². The van der Waals surface area contributed by atoms with E-state index in [0.29, 0.717) is 34.2 Å². The summed E-state index contributed by atoms with van der Waals surface area (Å²) in [6.45, 7) is 1.77. The third-order valence-electron chi connectivity index (χ3n) is 3.89. The molecular formula is C18H17FN2O3. The van der Waals surface area contributed by atoms with Crippen molar-refractivity contribution in [2.24, 2.45) is 0 Å². The lowest BCUT2D eigenvalue weighted by Gasteiger charge is -2.13. The van der Waals surface area contributed by atoms with Gasteiger partial charge in [0.1, 0.15) is 11.3 Å². The van der Waals surface area contributed by atoms with Crippen LogP contribution >= 0.6 is 0 Å². The van der Waals surface area contributed by atoms with Gasteiger partial charge in [-0.05, 0) is 48.9 Å². The number of amides is 1. The molecule has 0 aliphatic heterocycles. The van der Waals surface area contributed by atoms with Crippen molar-refractivity contribution in [3.05, 3.63) is 53.8 Å². The molecule has 0 saturated carbocycles. The number of carbonyl (C=O) groups is 1. The number of carbonyl (C=O) groups excluding carboxylic acids is 1. The molecule has 3 aromatic rings. The third-order valence-corrected chi connectivity index (χ3v) is 3.89. The number of rotatable bonds is 5. The lowest BCUT2D eigenvalue weighted by Crippen LogP contribution is -2.36. The number of halogens is 1. The molecule has 1 heterocycles. The van der Waals surface area contributed by atoms with Gasteiger partial charge in [0.15, 0.2) is 5.76 Å². The summed E-state index contributed by atoms with van der Waals surface area (Å²) in [7, 11) is 0. The maximum Gasteiger partial charge on any atom is 0.251 e. The number of nitrogens with one attached hydrogen (secondary N) is 1. The average molecular weight is 328 g/mol. The molecule has 5 nitrogen and oxygen atoms in total. The molecule has 0 bridgehead atoms. The fraction of sp³-hybridized carbons (Fsp3) is 0.222. The maximum absolute atomic E-state index is 13.1. The molecule has 1 amide bonds. The standard InChI is InChI=1S/C18H17FN2O3/c1-2-14(10-22)20-18(23)12-5-8-16-15(9-12)17(24-21-16)11-3-6-13(19)7-4-11/h3-9,14,22H,2,10H2,1H3,(H,20,23). The van der Waals surface area contributed by atoms with Crippen LogP contribution in [0.5, 0.6) is 0 Å². The van der Waals surface area contributed by atoms with Gasteiger partial charge in [-0.1, -0.05) is 12.1 Å². The van der Waals surface area contributed by atoms with Crippen molar-refractivity contribution in [3.8, 4) is 11.3 Å². The largest absolute Gasteiger partial charge is 0.394 e. The molecule has 0 aliphatic carbocycles. The Hall–Kier alpha value is -2.73. The molecule has 0 saturated heterocycles. The Balaban J connectivity index is 1.96. The van der Waals surface area contributed by atoms with Crippen LogP contribution in [0.3, 0.4) is 0 Å². The Morgan fingerprint density at radius 3 is 2.71 bits per heavy atom. The van der Waals surface area contributed by atoms with Gasteiger partial charge >= 0.3 is 0 Å². The fourth-order valence-electron chi connectivity index (χ4n) is 2.44. The molecule has 0 fully saturated rings. The second kappa shape index (κ2) is 6.80. The zero-order valence-electron chi connectivity index (χ0n) is 13.1. The smallest absolute Gasteiger partial charge is 0.251 e. The summed E-state index contributed by atoms with van der Waals surface area (Å²) in [6, 6.07) is 10.6. The van der Waals surface area contributed by atoms with E-state index in [1.807, 2.05) is 6.92 Å². The summed E-state index contributed by atoms with van der Waals surface area (Å²) in [5.74, 6) is -0.129. The Labute approximate surface area is 138 Å². The SMILES string of the molecule is CCC(CO)NC(=O)c1ccc2noc(-c3ccc(F)cc3)c2c1. The molecular weight excluding hydrogens is 311 g/mol. The molecule has 3 rings (SSSR count). The molecule has 124 valence electrons. The van der Waals surface area contributed by atoms with Gasteiger partial charge in [0, 0.05) is 11.1 Å². The molecule has 0 aliphatic rings. The minimum absolute atomic E-state index is 0.113. The van der Waals surface area contributed by atoms with Crippen molar-refractivity contribution in [2.75, 3.05) is 6.61 Å². The first-order valence-electron chi connectivity index (χ1n) is 7.69. The number of hydrogen-bond donors (Lipinski definition) is 2. The lowest BCUT2D eigenvalue weighted by atomic mass is 10.1. The molecule has 6 heteroatoms. The van der Waals surface area contributed by atoms with Crippen LogP contribution < -0.4 is 5.32 Å². The third kappa shape index (κ3) is 3.14. The van der Waals surface area contributed by atoms with Crippen LogP contribution in [0.2, 0.25) is 0 Å². The van der Waals surface area contributed by atoms with Gasteiger partial charge in [0.25, 0.3) is 5.91 Å². The normalized spacial score (nSPS) is 12.3. The number of hydrogen-bond acceptors (Lipinski definition) is 4.